The van der Waals surface area contributed by atoms with Crippen molar-refractivity contribution in [2.75, 3.05) is 6.79 Å². The molecule has 0 saturated heterocycles. The van der Waals surface area contributed by atoms with Gasteiger partial charge in [0.2, 0.25) is 11.9 Å². The molecule has 0 N–H and O–H groups in total. The predicted octanol–water partition coefficient (Wildman–Crippen LogP) is 3.19. The summed E-state index contributed by atoms with van der Waals surface area (Å²) in [5.41, 5.74) is 1.36. The van der Waals surface area contributed by atoms with Gasteiger partial charge < -0.3 is 14.0 Å². The minimum Gasteiger partial charge on any atom is -0.454 e. The number of carbonyl (C=O) groups is 1. The number of nitrogens with zero attached hydrogens (tertiary/aromatic N) is 1. The average molecular weight is 293 g/mol. The number of pyridine rings is 1. The van der Waals surface area contributed by atoms with Crippen LogP contribution in [-0.4, -0.2) is 16.5 Å². The number of rotatable bonds is 2. The number of hydrogen-bond donors (Lipinski definition) is 1. The third-order valence-electron chi connectivity index (χ3n) is 3.15. The van der Waals surface area contributed by atoms with Gasteiger partial charge in [-0.3, -0.25) is 4.79 Å². The van der Waals surface area contributed by atoms with Gasteiger partial charge in [-0.1, -0.05) is 12.2 Å². The van der Waals surface area contributed by atoms with Crippen molar-refractivity contribution in [2.45, 2.75) is 13.5 Å². The number of fused-ring (bicyclic) bond motifs is 2. The standard InChI is InChI=1S/C13H11NO3S2/c1-2-14-5-8(13(15)19)12(18)7-3-10-11(4-9(7)14)17-6-16-10/h3-5H,2,6H2,1H3,(H,15,19). The summed E-state index contributed by atoms with van der Waals surface area (Å²) < 4.78 is 13.2. The van der Waals surface area contributed by atoms with Crippen molar-refractivity contribution in [1.29, 1.82) is 0 Å². The maximum atomic E-state index is 11.5. The van der Waals surface area contributed by atoms with E-state index >= 15 is 0 Å². The molecule has 0 amide bonds. The van der Waals surface area contributed by atoms with Crippen molar-refractivity contribution in [2.24, 2.45) is 0 Å². The van der Waals surface area contributed by atoms with Crippen molar-refractivity contribution in [3.63, 3.8) is 0 Å². The lowest BCUT2D eigenvalue weighted by molar-refractivity contribution is 0.109. The molecule has 19 heavy (non-hydrogen) atoms. The summed E-state index contributed by atoms with van der Waals surface area (Å²) in [5, 5.41) is 0.479. The molecule has 3 rings (SSSR count). The highest BCUT2D eigenvalue weighted by atomic mass is 32.1. The molecule has 0 atom stereocenters. The SMILES string of the molecule is CCn1cc(C(=O)S)c(=S)c2cc3c(cc21)OCO3. The Morgan fingerprint density at radius 3 is 2.74 bits per heavy atom. The van der Waals surface area contributed by atoms with Gasteiger partial charge in [0, 0.05) is 24.2 Å². The van der Waals surface area contributed by atoms with Gasteiger partial charge in [0.15, 0.2) is 11.5 Å². The molecule has 6 heteroatoms. The summed E-state index contributed by atoms with van der Waals surface area (Å²) in [4.78, 5) is 11.5. The van der Waals surface area contributed by atoms with E-state index in [1.165, 1.54) is 0 Å². The van der Waals surface area contributed by atoms with E-state index in [1.807, 2.05) is 23.6 Å². The minimum atomic E-state index is -0.327. The average Bonchev–Trinajstić information content (AvgIpc) is 2.84. The van der Waals surface area contributed by atoms with E-state index in [-0.39, 0.29) is 11.9 Å². The Kier molecular flexibility index (Phi) is 2.99. The molecule has 1 aliphatic rings. The molecule has 0 unspecified atom stereocenters. The topological polar surface area (TPSA) is 40.5 Å². The molecule has 2 aromatic rings. The van der Waals surface area contributed by atoms with Crippen LogP contribution in [0.4, 0.5) is 0 Å². The van der Waals surface area contributed by atoms with Gasteiger partial charge in [-0.05, 0) is 13.0 Å². The molecular formula is C13H11NO3S2. The van der Waals surface area contributed by atoms with Crippen molar-refractivity contribution < 1.29 is 14.3 Å². The van der Waals surface area contributed by atoms with Crippen LogP contribution in [0.5, 0.6) is 11.5 Å². The van der Waals surface area contributed by atoms with E-state index in [1.54, 1.807) is 6.20 Å². The van der Waals surface area contributed by atoms with Gasteiger partial charge in [-0.25, -0.2) is 0 Å². The zero-order valence-corrected chi connectivity index (χ0v) is 11.9. The maximum Gasteiger partial charge on any atom is 0.231 e. The molecule has 1 aromatic carbocycles. The van der Waals surface area contributed by atoms with Gasteiger partial charge >= 0.3 is 0 Å². The number of carbonyl (C=O) groups excluding carboxylic acids is 1. The highest BCUT2D eigenvalue weighted by molar-refractivity contribution is 7.97. The second-order valence-corrected chi connectivity index (χ2v) is 5.00. The summed E-state index contributed by atoms with van der Waals surface area (Å²) in [6.07, 6.45) is 1.74. The molecule has 0 bridgehead atoms. The number of aromatic nitrogens is 1. The number of ether oxygens (including phenoxy) is 2. The number of thiol groups is 1. The van der Waals surface area contributed by atoms with Crippen LogP contribution in [0.3, 0.4) is 0 Å². The first-order valence-corrected chi connectivity index (χ1v) is 6.67. The third kappa shape index (κ3) is 1.91. The van der Waals surface area contributed by atoms with Crippen LogP contribution in [0.1, 0.15) is 17.3 Å². The van der Waals surface area contributed by atoms with E-state index in [0.717, 1.165) is 17.4 Å². The largest absolute Gasteiger partial charge is 0.454 e. The molecular weight excluding hydrogens is 282 g/mol. The van der Waals surface area contributed by atoms with E-state index in [4.69, 9.17) is 21.7 Å². The van der Waals surface area contributed by atoms with Crippen LogP contribution in [0, 0.1) is 4.51 Å². The number of benzene rings is 1. The molecule has 4 nitrogen and oxygen atoms in total. The summed E-state index contributed by atoms with van der Waals surface area (Å²) in [5.74, 6) is 1.36. The van der Waals surface area contributed by atoms with Gasteiger partial charge in [0.25, 0.3) is 0 Å². The summed E-state index contributed by atoms with van der Waals surface area (Å²) in [7, 11) is 0. The Morgan fingerprint density at radius 1 is 1.42 bits per heavy atom. The Morgan fingerprint density at radius 2 is 2.11 bits per heavy atom. The fraction of sp³-hybridized carbons (Fsp3) is 0.231. The van der Waals surface area contributed by atoms with Gasteiger partial charge in [-0.15, -0.1) is 12.6 Å². The normalized spacial score (nSPS) is 12.9. The molecule has 0 fully saturated rings. The summed E-state index contributed by atoms with van der Waals surface area (Å²) in [6.45, 7) is 2.93. The van der Waals surface area contributed by atoms with E-state index in [9.17, 15) is 4.79 Å². The smallest absolute Gasteiger partial charge is 0.231 e. The summed E-state index contributed by atoms with van der Waals surface area (Å²) in [6, 6.07) is 3.72. The van der Waals surface area contributed by atoms with Crippen LogP contribution >= 0.6 is 24.8 Å². The predicted molar refractivity (Wildman–Crippen MR) is 77.9 cm³/mol. The monoisotopic (exact) mass is 293 g/mol. The van der Waals surface area contributed by atoms with Gasteiger partial charge in [-0.2, -0.15) is 0 Å². The fourth-order valence-corrected chi connectivity index (χ4v) is 2.75. The summed E-state index contributed by atoms with van der Waals surface area (Å²) >= 11 is 9.24. The van der Waals surface area contributed by atoms with Crippen LogP contribution in [-0.2, 0) is 6.54 Å². The molecule has 0 spiro atoms. The van der Waals surface area contributed by atoms with Crippen LogP contribution in [0.15, 0.2) is 18.3 Å². The zero-order valence-electron chi connectivity index (χ0n) is 10.2. The molecule has 0 aliphatic carbocycles. The Balaban J connectivity index is 2.43. The van der Waals surface area contributed by atoms with E-state index in [0.29, 0.717) is 21.6 Å². The lowest BCUT2D eigenvalue weighted by atomic mass is 10.1. The van der Waals surface area contributed by atoms with E-state index in [2.05, 4.69) is 12.6 Å². The molecule has 98 valence electrons. The van der Waals surface area contributed by atoms with Crippen molar-refractivity contribution in [3.8, 4) is 11.5 Å². The maximum absolute atomic E-state index is 11.5. The fourth-order valence-electron chi connectivity index (χ4n) is 2.19. The van der Waals surface area contributed by atoms with E-state index < -0.39 is 0 Å². The van der Waals surface area contributed by atoms with Crippen LogP contribution in [0.2, 0.25) is 0 Å². The number of aryl methyl sites for hydroxylation is 1. The Labute approximate surface area is 120 Å². The minimum absolute atomic E-state index is 0.211. The lowest BCUT2D eigenvalue weighted by Crippen LogP contribution is -2.03. The highest BCUT2D eigenvalue weighted by Gasteiger charge is 2.18. The first kappa shape index (κ1) is 12.5. The van der Waals surface area contributed by atoms with Crippen LogP contribution in [0.25, 0.3) is 10.9 Å². The number of hydrogen-bond acceptors (Lipinski definition) is 4. The quantitative estimate of drug-likeness (QED) is 0.682. The van der Waals surface area contributed by atoms with Crippen molar-refractivity contribution in [1.82, 2.24) is 4.57 Å². The Hall–Kier alpha value is -1.53. The van der Waals surface area contributed by atoms with Crippen molar-refractivity contribution >= 4 is 40.9 Å². The first-order chi connectivity index (χ1) is 9.11. The second-order valence-electron chi connectivity index (χ2n) is 4.19. The first-order valence-electron chi connectivity index (χ1n) is 5.82. The van der Waals surface area contributed by atoms with Crippen LogP contribution < -0.4 is 9.47 Å². The lowest BCUT2D eigenvalue weighted by Gasteiger charge is -2.12. The molecule has 0 radical (unpaired) electrons. The zero-order chi connectivity index (χ0) is 13.6. The van der Waals surface area contributed by atoms with Gasteiger partial charge in [0.05, 0.1) is 15.6 Å². The molecule has 1 aliphatic heterocycles. The second kappa shape index (κ2) is 4.54. The van der Waals surface area contributed by atoms with Crippen molar-refractivity contribution in [3.05, 3.63) is 28.4 Å². The molecule has 2 heterocycles. The molecule has 1 aromatic heterocycles. The highest BCUT2D eigenvalue weighted by Crippen LogP contribution is 2.37. The van der Waals surface area contributed by atoms with Gasteiger partial charge in [0.1, 0.15) is 0 Å². The Bertz CT molecular complexity index is 752. The third-order valence-corrected chi connectivity index (χ3v) is 3.83. The molecule has 0 saturated carbocycles.